The normalized spacial score (nSPS) is 15.0. The average molecular weight is 351 g/mol. The number of aryl methyl sites for hydroxylation is 1. The van der Waals surface area contributed by atoms with Crippen LogP contribution < -0.4 is 5.32 Å². The molecule has 1 atom stereocenters. The van der Waals surface area contributed by atoms with Gasteiger partial charge in [-0.2, -0.15) is 5.10 Å². The van der Waals surface area contributed by atoms with Gasteiger partial charge in [0.05, 0.1) is 18.8 Å². The predicted molar refractivity (Wildman–Crippen MR) is 95.7 cm³/mol. The lowest BCUT2D eigenvalue weighted by Crippen LogP contribution is -2.19. The van der Waals surface area contributed by atoms with Crippen molar-refractivity contribution in [3.05, 3.63) is 53.5 Å². The number of carbonyl (C=O) groups is 1. The van der Waals surface area contributed by atoms with Gasteiger partial charge in [0.15, 0.2) is 0 Å². The number of tetrazole rings is 1. The minimum atomic E-state index is -0.133. The van der Waals surface area contributed by atoms with Crippen LogP contribution in [0.25, 0.3) is 0 Å². The molecule has 0 spiro atoms. The Balaban J connectivity index is 1.47. The standard InChI is InChI=1S/C18H21N7O/c1-12-9-20-25(13(2)15-7-8-15)17(12)21-18(26)16-5-3-14(4-6-16)10-24-11-19-22-23-24/h3-6,9,11,13,15H,7-8,10H2,1-2H3,(H,21,26). The van der Waals surface area contributed by atoms with E-state index in [-0.39, 0.29) is 5.91 Å². The molecule has 0 radical (unpaired) electrons. The van der Waals surface area contributed by atoms with E-state index in [0.717, 1.165) is 16.9 Å². The molecule has 8 nitrogen and oxygen atoms in total. The van der Waals surface area contributed by atoms with Crippen molar-refractivity contribution in [3.8, 4) is 0 Å². The molecule has 0 bridgehead atoms. The average Bonchev–Trinajstić information content (AvgIpc) is 3.27. The third-order valence-electron chi connectivity index (χ3n) is 4.85. The van der Waals surface area contributed by atoms with E-state index in [0.29, 0.717) is 24.1 Å². The molecule has 1 amide bonds. The summed E-state index contributed by atoms with van der Waals surface area (Å²) in [5.41, 5.74) is 2.61. The molecular formula is C18H21N7O. The zero-order chi connectivity index (χ0) is 18.1. The number of nitrogens with zero attached hydrogens (tertiary/aromatic N) is 6. The van der Waals surface area contributed by atoms with Crippen LogP contribution in [0.15, 0.2) is 36.8 Å². The number of rotatable bonds is 6. The molecule has 1 aromatic carbocycles. The monoisotopic (exact) mass is 351 g/mol. The molecule has 1 saturated carbocycles. The number of anilines is 1. The Morgan fingerprint density at radius 3 is 2.73 bits per heavy atom. The largest absolute Gasteiger partial charge is 0.307 e. The highest BCUT2D eigenvalue weighted by molar-refractivity contribution is 6.04. The van der Waals surface area contributed by atoms with Crippen molar-refractivity contribution in [2.75, 3.05) is 5.32 Å². The molecular weight excluding hydrogens is 330 g/mol. The molecule has 2 aromatic heterocycles. The highest BCUT2D eigenvalue weighted by atomic mass is 16.1. The van der Waals surface area contributed by atoms with Crippen LogP contribution in [-0.2, 0) is 6.54 Å². The van der Waals surface area contributed by atoms with Crippen molar-refractivity contribution in [1.29, 1.82) is 0 Å². The van der Waals surface area contributed by atoms with Gasteiger partial charge in [-0.1, -0.05) is 12.1 Å². The quantitative estimate of drug-likeness (QED) is 0.737. The maximum Gasteiger partial charge on any atom is 0.256 e. The van der Waals surface area contributed by atoms with Crippen LogP contribution in [0.2, 0.25) is 0 Å². The van der Waals surface area contributed by atoms with Gasteiger partial charge >= 0.3 is 0 Å². The van der Waals surface area contributed by atoms with Crippen molar-refractivity contribution in [3.63, 3.8) is 0 Å². The second-order valence-corrected chi connectivity index (χ2v) is 6.86. The van der Waals surface area contributed by atoms with Gasteiger partial charge < -0.3 is 5.32 Å². The fourth-order valence-electron chi connectivity index (χ4n) is 3.07. The molecule has 134 valence electrons. The molecule has 0 saturated heterocycles. The first-order valence-corrected chi connectivity index (χ1v) is 8.77. The van der Waals surface area contributed by atoms with Crippen molar-refractivity contribution < 1.29 is 4.79 Å². The number of amides is 1. The van der Waals surface area contributed by atoms with Gasteiger partial charge in [0.1, 0.15) is 12.1 Å². The maximum atomic E-state index is 12.7. The number of hydrogen-bond donors (Lipinski definition) is 1. The molecule has 8 heteroatoms. The van der Waals surface area contributed by atoms with Crippen molar-refractivity contribution in [1.82, 2.24) is 30.0 Å². The van der Waals surface area contributed by atoms with E-state index in [4.69, 9.17) is 0 Å². The molecule has 1 unspecified atom stereocenters. The zero-order valence-electron chi connectivity index (χ0n) is 14.8. The number of hydrogen-bond acceptors (Lipinski definition) is 5. The van der Waals surface area contributed by atoms with Gasteiger partial charge in [-0.25, -0.2) is 9.36 Å². The second kappa shape index (κ2) is 6.70. The van der Waals surface area contributed by atoms with Crippen LogP contribution in [-0.4, -0.2) is 35.9 Å². The topological polar surface area (TPSA) is 90.5 Å². The lowest BCUT2D eigenvalue weighted by molar-refractivity contribution is 0.102. The van der Waals surface area contributed by atoms with Crippen LogP contribution >= 0.6 is 0 Å². The molecule has 1 aliphatic rings. The Morgan fingerprint density at radius 1 is 1.31 bits per heavy atom. The summed E-state index contributed by atoms with van der Waals surface area (Å²) in [6, 6.07) is 7.75. The third-order valence-corrected chi connectivity index (χ3v) is 4.85. The summed E-state index contributed by atoms with van der Waals surface area (Å²) < 4.78 is 3.58. The van der Waals surface area contributed by atoms with E-state index in [1.54, 1.807) is 11.0 Å². The van der Waals surface area contributed by atoms with E-state index in [9.17, 15) is 4.79 Å². The third kappa shape index (κ3) is 3.35. The summed E-state index contributed by atoms with van der Waals surface area (Å²) >= 11 is 0. The number of nitrogens with one attached hydrogen (secondary N) is 1. The van der Waals surface area contributed by atoms with Crippen LogP contribution in [0.1, 0.15) is 47.3 Å². The summed E-state index contributed by atoms with van der Waals surface area (Å²) in [6.07, 6.45) is 5.84. The Labute approximate surface area is 151 Å². The number of benzene rings is 1. The smallest absolute Gasteiger partial charge is 0.256 e. The minimum Gasteiger partial charge on any atom is -0.307 e. The first kappa shape index (κ1) is 16.4. The van der Waals surface area contributed by atoms with Crippen molar-refractivity contribution in [2.45, 2.75) is 39.3 Å². The first-order valence-electron chi connectivity index (χ1n) is 8.77. The van der Waals surface area contributed by atoms with Gasteiger partial charge in [-0.3, -0.25) is 4.79 Å². The predicted octanol–water partition coefficient (Wildman–Crippen LogP) is 2.45. The van der Waals surface area contributed by atoms with Gasteiger partial charge in [-0.05, 0) is 60.7 Å². The SMILES string of the molecule is Cc1cnn(C(C)C2CC2)c1NC(=O)c1ccc(Cn2cnnn2)cc1. The molecule has 26 heavy (non-hydrogen) atoms. The van der Waals surface area contributed by atoms with E-state index in [1.165, 1.54) is 12.8 Å². The Kier molecular flexibility index (Phi) is 4.24. The lowest BCUT2D eigenvalue weighted by atomic mass is 10.1. The summed E-state index contributed by atoms with van der Waals surface area (Å²) in [5, 5.41) is 18.6. The molecule has 3 aromatic rings. The Bertz CT molecular complexity index is 894. The van der Waals surface area contributed by atoms with Gasteiger partial charge in [0.2, 0.25) is 0 Å². The maximum absolute atomic E-state index is 12.7. The van der Waals surface area contributed by atoms with Crippen molar-refractivity contribution >= 4 is 11.7 Å². The van der Waals surface area contributed by atoms with E-state index in [1.807, 2.05) is 42.1 Å². The summed E-state index contributed by atoms with van der Waals surface area (Å²) in [5.74, 6) is 1.31. The highest BCUT2D eigenvalue weighted by Gasteiger charge is 2.31. The van der Waals surface area contributed by atoms with E-state index in [2.05, 4.69) is 32.9 Å². The summed E-state index contributed by atoms with van der Waals surface area (Å²) in [7, 11) is 0. The molecule has 1 aliphatic carbocycles. The number of carbonyl (C=O) groups excluding carboxylic acids is 1. The van der Waals surface area contributed by atoms with Crippen LogP contribution in [0.4, 0.5) is 5.82 Å². The minimum absolute atomic E-state index is 0.133. The van der Waals surface area contributed by atoms with Crippen molar-refractivity contribution in [2.24, 2.45) is 5.92 Å². The summed E-state index contributed by atoms with van der Waals surface area (Å²) in [4.78, 5) is 12.7. The Morgan fingerprint density at radius 2 is 2.08 bits per heavy atom. The van der Waals surface area contributed by atoms with E-state index < -0.39 is 0 Å². The number of aromatic nitrogens is 6. The molecule has 1 N–H and O–H groups in total. The Hall–Kier alpha value is -3.03. The van der Waals surface area contributed by atoms with Crippen LogP contribution in [0, 0.1) is 12.8 Å². The van der Waals surface area contributed by atoms with Gasteiger partial charge in [0.25, 0.3) is 5.91 Å². The summed E-state index contributed by atoms with van der Waals surface area (Å²) in [6.45, 7) is 4.70. The zero-order valence-corrected chi connectivity index (χ0v) is 14.8. The van der Waals surface area contributed by atoms with E-state index >= 15 is 0 Å². The second-order valence-electron chi connectivity index (χ2n) is 6.86. The fraction of sp³-hybridized carbons (Fsp3) is 0.389. The molecule has 4 rings (SSSR count). The highest BCUT2D eigenvalue weighted by Crippen LogP contribution is 2.40. The molecule has 1 fully saturated rings. The lowest BCUT2D eigenvalue weighted by Gasteiger charge is -2.16. The molecule has 0 aliphatic heterocycles. The van der Waals surface area contributed by atoms with Crippen LogP contribution in [0.3, 0.4) is 0 Å². The fourth-order valence-corrected chi connectivity index (χ4v) is 3.07. The van der Waals surface area contributed by atoms with Gasteiger partial charge in [0, 0.05) is 11.1 Å². The van der Waals surface area contributed by atoms with Crippen LogP contribution in [0.5, 0.6) is 0 Å². The van der Waals surface area contributed by atoms with Gasteiger partial charge in [-0.15, -0.1) is 5.10 Å². The first-order chi connectivity index (χ1) is 12.6. The molecule has 2 heterocycles.